The number of amides is 2. The highest BCUT2D eigenvalue weighted by Gasteiger charge is 2.59. The second kappa shape index (κ2) is 27.7. The van der Waals surface area contributed by atoms with Crippen LogP contribution in [0.3, 0.4) is 0 Å². The number of nitrogens with one attached hydrogen (secondary N) is 2. The van der Waals surface area contributed by atoms with Gasteiger partial charge in [0.25, 0.3) is 0 Å². The van der Waals surface area contributed by atoms with Gasteiger partial charge in [0.15, 0.2) is 12.2 Å². The number of carbonyl (C=O) groups excluding carboxylic acids is 4. The third-order valence-corrected chi connectivity index (χ3v) is 13.4. The van der Waals surface area contributed by atoms with Crippen LogP contribution in [-0.4, -0.2) is 102 Å². The molecule has 5 rings (SSSR count). The van der Waals surface area contributed by atoms with E-state index in [0.717, 1.165) is 38.5 Å². The predicted molar refractivity (Wildman–Crippen MR) is 254 cm³/mol. The first-order valence-corrected chi connectivity index (χ1v) is 24.4. The van der Waals surface area contributed by atoms with E-state index < -0.39 is 36.3 Å². The summed E-state index contributed by atoms with van der Waals surface area (Å²) in [5.41, 5.74) is 0.723. The lowest BCUT2D eigenvalue weighted by molar-refractivity contribution is -0.139. The summed E-state index contributed by atoms with van der Waals surface area (Å²) in [4.78, 5) is 48.9. The minimum atomic E-state index is -0.612. The van der Waals surface area contributed by atoms with Gasteiger partial charge < -0.3 is 48.5 Å². The van der Waals surface area contributed by atoms with Crippen molar-refractivity contribution in [2.75, 3.05) is 65.9 Å². The van der Waals surface area contributed by atoms with Crippen LogP contribution in [0.1, 0.15) is 91.9 Å². The largest absolute Gasteiger partial charge is 0.490 e. The van der Waals surface area contributed by atoms with Gasteiger partial charge in [-0.1, -0.05) is 63.4 Å². The molecule has 0 aliphatic heterocycles. The quantitative estimate of drug-likeness (QED) is 0.0331. The van der Waals surface area contributed by atoms with Crippen molar-refractivity contribution in [1.29, 1.82) is 0 Å². The number of carbonyl (C=O) groups is 4. The lowest BCUT2D eigenvalue weighted by Gasteiger charge is -2.46. The Balaban J connectivity index is 1.07. The fourth-order valence-corrected chi connectivity index (χ4v) is 10.1. The maximum absolute atomic E-state index is 12.9. The number of ether oxygens (including phenoxy) is 8. The van der Waals surface area contributed by atoms with Gasteiger partial charge in [0.1, 0.15) is 24.7 Å². The number of unbranched alkanes of at least 4 members (excludes halogenated alkanes) is 4. The first-order valence-electron chi connectivity index (χ1n) is 24.4. The Morgan fingerprint density at radius 1 is 0.672 bits per heavy atom. The summed E-state index contributed by atoms with van der Waals surface area (Å²) in [5, 5.41) is 5.68. The standard InChI is InChI=1S/C53H76N2O12/c1-37(2)49(56)62-27-17-9-15-25-54-51(58)66-43(34-64-41-19-11-7-12-20-41)32-60-31-40-29-46-39(5)48(40)47-30-53(6,24-23-45(46)47)36-61-33-44(35-65-42-21-13-8-14-22-42)67-52(59)55-26-16-10-18-28-63-50(57)38(3)4/h7-8,11-14,19-22,39-40,43-48H,1,3,9-10,15-18,23-36H2,2,4-6H3,(H,54,58)(H,55,59). The SMILES string of the molecule is C=C(C)C(=O)OCCCCCNC(=O)OC(COCC1CC2C(C)C1C1CC(C)(COCC(COc3ccccc3)OC(=O)NCCCCCOC(=O)C(=C)C)CCC21)COc1ccccc1. The lowest BCUT2D eigenvalue weighted by atomic mass is 9.60. The van der Waals surface area contributed by atoms with E-state index in [9.17, 15) is 19.2 Å². The second-order valence-electron chi connectivity index (χ2n) is 19.1. The third-order valence-electron chi connectivity index (χ3n) is 13.4. The van der Waals surface area contributed by atoms with Crippen LogP contribution in [0.5, 0.6) is 11.5 Å². The summed E-state index contributed by atoms with van der Waals surface area (Å²) in [6, 6.07) is 18.9. The fourth-order valence-electron chi connectivity index (χ4n) is 10.1. The number of alkyl carbamates (subject to hydrolysis) is 2. The fraction of sp³-hybridized carbons (Fsp3) is 0.623. The van der Waals surface area contributed by atoms with Crippen molar-refractivity contribution >= 4 is 24.1 Å². The molecule has 0 aromatic heterocycles. The van der Waals surface area contributed by atoms with Gasteiger partial charge in [0.05, 0.1) is 33.0 Å². The van der Waals surface area contributed by atoms with Crippen molar-refractivity contribution in [2.24, 2.45) is 40.9 Å². The van der Waals surface area contributed by atoms with Crippen molar-refractivity contribution in [3.63, 3.8) is 0 Å². The van der Waals surface area contributed by atoms with E-state index in [1.807, 2.05) is 60.7 Å². The highest BCUT2D eigenvalue weighted by atomic mass is 16.6. The van der Waals surface area contributed by atoms with Gasteiger partial charge in [-0.15, -0.1) is 0 Å². The smallest absolute Gasteiger partial charge is 0.407 e. The summed E-state index contributed by atoms with van der Waals surface area (Å²) in [5.74, 6) is 4.07. The maximum atomic E-state index is 12.9. The van der Waals surface area contributed by atoms with Crippen molar-refractivity contribution < 1.29 is 57.1 Å². The normalized spacial score (nSPS) is 23.5. The lowest BCUT2D eigenvalue weighted by Crippen LogP contribution is -2.42. The molecule has 3 fully saturated rings. The molecular formula is C53H76N2O12. The molecule has 9 unspecified atom stereocenters. The molecule has 3 aliphatic carbocycles. The van der Waals surface area contributed by atoms with Gasteiger partial charge in [-0.25, -0.2) is 19.2 Å². The highest BCUT2D eigenvalue weighted by Crippen LogP contribution is 2.65. The number of hydrogen-bond donors (Lipinski definition) is 2. The number of hydrogen-bond acceptors (Lipinski definition) is 12. The Hall–Kier alpha value is -5.08. The molecule has 0 heterocycles. The molecule has 3 saturated carbocycles. The van der Waals surface area contributed by atoms with E-state index in [1.165, 1.54) is 6.42 Å². The Labute approximate surface area is 398 Å². The molecule has 2 N–H and O–H groups in total. The van der Waals surface area contributed by atoms with Crippen LogP contribution in [0.15, 0.2) is 85.0 Å². The van der Waals surface area contributed by atoms with Crippen LogP contribution in [0.4, 0.5) is 9.59 Å². The van der Waals surface area contributed by atoms with Gasteiger partial charge in [-0.2, -0.15) is 0 Å². The summed E-state index contributed by atoms with van der Waals surface area (Å²) in [6.07, 6.45) is 6.59. The topological polar surface area (TPSA) is 166 Å². The van der Waals surface area contributed by atoms with Crippen LogP contribution in [0.25, 0.3) is 0 Å². The van der Waals surface area contributed by atoms with E-state index >= 15 is 0 Å². The molecule has 2 aromatic rings. The van der Waals surface area contributed by atoms with Crippen molar-refractivity contribution in [3.8, 4) is 11.5 Å². The molecule has 2 amide bonds. The van der Waals surface area contributed by atoms with Crippen molar-refractivity contribution in [2.45, 2.75) is 104 Å². The number of fused-ring (bicyclic) bond motifs is 5. The Kier molecular flexibility index (Phi) is 21.8. The van der Waals surface area contributed by atoms with Gasteiger partial charge >= 0.3 is 24.1 Å². The Bertz CT molecular complexity index is 1860. The minimum absolute atomic E-state index is 0.0267. The number of benzene rings is 2. The van der Waals surface area contributed by atoms with E-state index in [0.29, 0.717) is 117 Å². The van der Waals surface area contributed by atoms with Crippen LogP contribution in [-0.2, 0) is 38.0 Å². The molecule has 2 bridgehead atoms. The van der Waals surface area contributed by atoms with Gasteiger partial charge in [0, 0.05) is 30.8 Å². The van der Waals surface area contributed by atoms with Gasteiger partial charge in [0.2, 0.25) is 0 Å². The van der Waals surface area contributed by atoms with E-state index in [1.54, 1.807) is 13.8 Å². The molecule has 0 radical (unpaired) electrons. The minimum Gasteiger partial charge on any atom is -0.490 e. The van der Waals surface area contributed by atoms with E-state index in [-0.39, 0.29) is 31.8 Å². The first kappa shape index (κ1) is 52.9. The monoisotopic (exact) mass is 933 g/mol. The van der Waals surface area contributed by atoms with E-state index in [4.69, 9.17) is 37.9 Å². The average molecular weight is 933 g/mol. The average Bonchev–Trinajstić information content (AvgIpc) is 3.77. The molecule has 9 atom stereocenters. The number of para-hydroxylation sites is 2. The van der Waals surface area contributed by atoms with Crippen LogP contribution in [0, 0.1) is 40.9 Å². The molecular weight excluding hydrogens is 857 g/mol. The summed E-state index contributed by atoms with van der Waals surface area (Å²) >= 11 is 0. The summed E-state index contributed by atoms with van der Waals surface area (Å²) in [7, 11) is 0. The number of rotatable bonds is 30. The molecule has 3 aliphatic rings. The summed E-state index contributed by atoms with van der Waals surface area (Å²) < 4.78 is 46.8. The van der Waals surface area contributed by atoms with Crippen LogP contribution in [0.2, 0.25) is 0 Å². The van der Waals surface area contributed by atoms with Crippen molar-refractivity contribution in [1.82, 2.24) is 10.6 Å². The third kappa shape index (κ3) is 17.8. The maximum Gasteiger partial charge on any atom is 0.407 e. The molecule has 14 nitrogen and oxygen atoms in total. The van der Waals surface area contributed by atoms with Crippen molar-refractivity contribution in [3.05, 3.63) is 85.0 Å². The van der Waals surface area contributed by atoms with Gasteiger partial charge in [-0.3, -0.25) is 0 Å². The Morgan fingerprint density at radius 2 is 1.18 bits per heavy atom. The molecule has 14 heteroatoms. The molecule has 0 saturated heterocycles. The van der Waals surface area contributed by atoms with E-state index in [2.05, 4.69) is 37.6 Å². The molecule has 2 aromatic carbocycles. The first-order chi connectivity index (χ1) is 32.3. The second-order valence-corrected chi connectivity index (χ2v) is 19.1. The predicted octanol–water partition coefficient (Wildman–Crippen LogP) is 9.27. The van der Waals surface area contributed by atoms with Crippen LogP contribution >= 0.6 is 0 Å². The molecule has 67 heavy (non-hydrogen) atoms. The van der Waals surface area contributed by atoms with Crippen LogP contribution < -0.4 is 20.1 Å². The molecule has 0 spiro atoms. The number of esters is 2. The molecule has 370 valence electrons. The summed E-state index contributed by atoms with van der Waals surface area (Å²) in [6.45, 7) is 18.6. The zero-order valence-electron chi connectivity index (χ0n) is 40.3. The Morgan fingerprint density at radius 3 is 1.69 bits per heavy atom. The van der Waals surface area contributed by atoms with Gasteiger partial charge in [-0.05, 0) is 143 Å². The zero-order valence-corrected chi connectivity index (χ0v) is 40.3. The zero-order chi connectivity index (χ0) is 48.0. The highest BCUT2D eigenvalue weighted by molar-refractivity contribution is 5.87.